The van der Waals surface area contributed by atoms with E-state index >= 15 is 0 Å². The second-order valence-electron chi connectivity index (χ2n) is 5.07. The average Bonchev–Trinajstić information content (AvgIpc) is 3.00. The van der Waals surface area contributed by atoms with Gasteiger partial charge in [0.15, 0.2) is 10.4 Å². The summed E-state index contributed by atoms with van der Waals surface area (Å²) < 4.78 is 2.19. The van der Waals surface area contributed by atoms with Crippen LogP contribution in [0.25, 0.3) is 11.2 Å². The summed E-state index contributed by atoms with van der Waals surface area (Å²) in [5.41, 5.74) is 1.73. The van der Waals surface area contributed by atoms with Gasteiger partial charge < -0.3 is 10.3 Å². The molecule has 0 spiro atoms. The summed E-state index contributed by atoms with van der Waals surface area (Å²) in [6.07, 6.45) is 3.27. The number of aromatic amines is 2. The standard InChI is InChI=1S/C14H16N6OS/c1-9(16-6-10-4-2-3-5-15-10)7-20-12-11(17-8-18-12)13(21)19-14(20)22/h2-5,8-9,16H,6-7H2,1H3,(H,17,18)(H,19,21,22). The van der Waals surface area contributed by atoms with E-state index in [-0.39, 0.29) is 11.6 Å². The van der Waals surface area contributed by atoms with Crippen molar-refractivity contribution >= 4 is 23.4 Å². The number of nitrogens with one attached hydrogen (secondary N) is 3. The van der Waals surface area contributed by atoms with Gasteiger partial charge >= 0.3 is 0 Å². The summed E-state index contributed by atoms with van der Waals surface area (Å²) in [4.78, 5) is 25.7. The molecule has 7 nitrogen and oxygen atoms in total. The van der Waals surface area contributed by atoms with Gasteiger partial charge in [-0.25, -0.2) is 4.98 Å². The molecule has 0 fully saturated rings. The monoisotopic (exact) mass is 316 g/mol. The van der Waals surface area contributed by atoms with Gasteiger partial charge in [0.05, 0.1) is 12.0 Å². The molecule has 0 saturated heterocycles. The number of imidazole rings is 1. The van der Waals surface area contributed by atoms with Crippen molar-refractivity contribution in [3.05, 3.63) is 51.5 Å². The summed E-state index contributed by atoms with van der Waals surface area (Å²) in [6.45, 7) is 3.32. The van der Waals surface area contributed by atoms with Gasteiger partial charge in [0.1, 0.15) is 5.52 Å². The van der Waals surface area contributed by atoms with Crippen LogP contribution in [0.1, 0.15) is 12.6 Å². The van der Waals surface area contributed by atoms with Gasteiger partial charge in [0.2, 0.25) is 0 Å². The molecular weight excluding hydrogens is 300 g/mol. The van der Waals surface area contributed by atoms with Gasteiger partial charge in [-0.15, -0.1) is 0 Å². The Kier molecular flexibility index (Phi) is 4.12. The van der Waals surface area contributed by atoms with Crippen molar-refractivity contribution in [1.29, 1.82) is 0 Å². The van der Waals surface area contributed by atoms with Crippen molar-refractivity contribution in [2.45, 2.75) is 26.1 Å². The molecule has 0 bridgehead atoms. The zero-order valence-corrected chi connectivity index (χ0v) is 12.9. The number of fused-ring (bicyclic) bond motifs is 1. The number of hydrogen-bond donors (Lipinski definition) is 3. The highest BCUT2D eigenvalue weighted by molar-refractivity contribution is 7.71. The Bertz CT molecular complexity index is 881. The molecular formula is C14H16N6OS. The summed E-state index contributed by atoms with van der Waals surface area (Å²) in [5, 5.41) is 3.39. The number of pyridine rings is 1. The lowest BCUT2D eigenvalue weighted by atomic mass is 10.3. The molecule has 22 heavy (non-hydrogen) atoms. The predicted octanol–water partition coefficient (Wildman–Crippen LogP) is 1.36. The molecule has 8 heteroatoms. The zero-order valence-electron chi connectivity index (χ0n) is 12.0. The Morgan fingerprint density at radius 1 is 1.41 bits per heavy atom. The second kappa shape index (κ2) is 6.20. The molecule has 0 radical (unpaired) electrons. The maximum atomic E-state index is 11.8. The van der Waals surface area contributed by atoms with Crippen LogP contribution in [-0.4, -0.2) is 30.5 Å². The van der Waals surface area contributed by atoms with Crippen LogP contribution >= 0.6 is 12.2 Å². The van der Waals surface area contributed by atoms with E-state index in [1.54, 1.807) is 6.20 Å². The fraction of sp³-hybridized carbons (Fsp3) is 0.286. The van der Waals surface area contributed by atoms with E-state index < -0.39 is 0 Å². The van der Waals surface area contributed by atoms with Gasteiger partial charge in [0.25, 0.3) is 5.56 Å². The van der Waals surface area contributed by atoms with Crippen molar-refractivity contribution in [2.75, 3.05) is 0 Å². The molecule has 0 aliphatic rings. The third-order valence-corrected chi connectivity index (χ3v) is 3.70. The number of rotatable bonds is 5. The van der Waals surface area contributed by atoms with Crippen molar-refractivity contribution in [3.8, 4) is 0 Å². The van der Waals surface area contributed by atoms with Gasteiger partial charge in [0, 0.05) is 25.3 Å². The Morgan fingerprint density at radius 2 is 2.27 bits per heavy atom. The molecule has 0 amide bonds. The maximum absolute atomic E-state index is 11.8. The molecule has 3 rings (SSSR count). The van der Waals surface area contributed by atoms with Crippen LogP contribution in [0.15, 0.2) is 35.5 Å². The van der Waals surface area contributed by atoms with E-state index in [1.807, 2.05) is 29.7 Å². The minimum atomic E-state index is -0.247. The lowest BCUT2D eigenvalue weighted by Gasteiger charge is -2.16. The van der Waals surface area contributed by atoms with Crippen molar-refractivity contribution in [1.82, 2.24) is 29.8 Å². The lowest BCUT2D eigenvalue weighted by molar-refractivity contribution is 0.472. The predicted molar refractivity (Wildman–Crippen MR) is 86.1 cm³/mol. The Hall–Kier alpha value is -2.32. The molecule has 1 unspecified atom stereocenters. The summed E-state index contributed by atoms with van der Waals surface area (Å²) in [6, 6.07) is 5.96. The largest absolute Gasteiger partial charge is 0.339 e. The highest BCUT2D eigenvalue weighted by Gasteiger charge is 2.10. The number of aromatic nitrogens is 5. The Balaban J connectivity index is 1.77. The molecule has 3 aromatic heterocycles. The van der Waals surface area contributed by atoms with Crippen LogP contribution in [0.3, 0.4) is 0 Å². The molecule has 1 atom stereocenters. The first kappa shape index (κ1) is 14.6. The third kappa shape index (κ3) is 2.97. The molecule has 114 valence electrons. The van der Waals surface area contributed by atoms with Gasteiger partial charge in [-0.1, -0.05) is 6.07 Å². The minimum absolute atomic E-state index is 0.138. The van der Waals surface area contributed by atoms with Gasteiger partial charge in [-0.2, -0.15) is 0 Å². The van der Waals surface area contributed by atoms with Crippen LogP contribution in [0.5, 0.6) is 0 Å². The van der Waals surface area contributed by atoms with E-state index in [2.05, 4.69) is 25.3 Å². The highest BCUT2D eigenvalue weighted by Crippen LogP contribution is 2.06. The Labute approximate surface area is 131 Å². The number of hydrogen-bond acceptors (Lipinski definition) is 5. The first-order valence-corrected chi connectivity index (χ1v) is 7.35. The zero-order chi connectivity index (χ0) is 15.5. The topological polar surface area (TPSA) is 91.4 Å². The summed E-state index contributed by atoms with van der Waals surface area (Å²) in [5.74, 6) is 0. The first-order valence-electron chi connectivity index (χ1n) is 6.94. The van der Waals surface area contributed by atoms with E-state index in [9.17, 15) is 4.79 Å². The lowest BCUT2D eigenvalue weighted by Crippen LogP contribution is -2.31. The van der Waals surface area contributed by atoms with Gasteiger partial charge in [-0.05, 0) is 31.3 Å². The number of nitrogens with zero attached hydrogens (tertiary/aromatic N) is 3. The highest BCUT2D eigenvalue weighted by atomic mass is 32.1. The fourth-order valence-corrected chi connectivity index (χ4v) is 2.53. The van der Waals surface area contributed by atoms with Crippen molar-refractivity contribution in [2.24, 2.45) is 0 Å². The van der Waals surface area contributed by atoms with Crippen molar-refractivity contribution in [3.63, 3.8) is 0 Å². The summed E-state index contributed by atoms with van der Waals surface area (Å²) in [7, 11) is 0. The number of H-pyrrole nitrogens is 2. The molecule has 0 aliphatic heterocycles. The maximum Gasteiger partial charge on any atom is 0.277 e. The van der Waals surface area contributed by atoms with Crippen LogP contribution in [0.2, 0.25) is 0 Å². The molecule has 3 aromatic rings. The van der Waals surface area contributed by atoms with Crippen LogP contribution in [0, 0.1) is 4.77 Å². The van der Waals surface area contributed by atoms with Crippen LogP contribution in [-0.2, 0) is 13.1 Å². The van der Waals surface area contributed by atoms with Crippen molar-refractivity contribution < 1.29 is 0 Å². The molecule has 0 aliphatic carbocycles. The second-order valence-corrected chi connectivity index (χ2v) is 5.46. The summed E-state index contributed by atoms with van der Waals surface area (Å²) >= 11 is 5.24. The minimum Gasteiger partial charge on any atom is -0.339 e. The Morgan fingerprint density at radius 3 is 3.05 bits per heavy atom. The molecule has 0 aromatic carbocycles. The van der Waals surface area contributed by atoms with E-state index in [0.717, 1.165) is 5.69 Å². The van der Waals surface area contributed by atoms with E-state index in [1.165, 1.54) is 6.33 Å². The molecule has 3 heterocycles. The first-order chi connectivity index (χ1) is 10.6. The fourth-order valence-electron chi connectivity index (χ4n) is 2.27. The average molecular weight is 316 g/mol. The molecule has 0 saturated carbocycles. The van der Waals surface area contributed by atoms with E-state index in [4.69, 9.17) is 12.2 Å². The smallest absolute Gasteiger partial charge is 0.277 e. The van der Waals surface area contributed by atoms with E-state index in [0.29, 0.717) is 29.0 Å². The van der Waals surface area contributed by atoms with Crippen LogP contribution in [0.4, 0.5) is 0 Å². The van der Waals surface area contributed by atoms with Gasteiger partial charge in [-0.3, -0.25) is 19.3 Å². The van der Waals surface area contributed by atoms with Crippen LogP contribution < -0.4 is 10.9 Å². The normalized spacial score (nSPS) is 12.6. The third-order valence-electron chi connectivity index (χ3n) is 3.38. The molecule has 3 N–H and O–H groups in total. The quantitative estimate of drug-likeness (QED) is 0.618. The SMILES string of the molecule is CC(Cn1c(=S)[nH]c(=O)c2[nH]cnc21)NCc1ccccn1.